The van der Waals surface area contributed by atoms with Gasteiger partial charge in [0, 0.05) is 24.9 Å². The smallest absolute Gasteiger partial charge is 0.166 e. The molecule has 0 saturated carbocycles. The molecule has 1 aromatic carbocycles. The van der Waals surface area contributed by atoms with Crippen molar-refractivity contribution < 1.29 is 9.13 Å². The molecule has 0 aliphatic carbocycles. The SMILES string of the molecule is COCCC(Nc1ncc(Cl)cc1F)c1ccc(Cl)cc1. The number of pyridine rings is 1. The van der Waals surface area contributed by atoms with Crippen LogP contribution < -0.4 is 5.32 Å². The number of nitrogens with one attached hydrogen (secondary N) is 1. The van der Waals surface area contributed by atoms with Crippen LogP contribution in [0.5, 0.6) is 0 Å². The van der Waals surface area contributed by atoms with E-state index in [1.807, 2.05) is 12.1 Å². The van der Waals surface area contributed by atoms with Gasteiger partial charge in [-0.25, -0.2) is 9.37 Å². The highest BCUT2D eigenvalue weighted by molar-refractivity contribution is 6.30. The number of halogens is 3. The molecule has 1 atom stereocenters. The number of hydrogen-bond donors (Lipinski definition) is 1. The Balaban J connectivity index is 2.21. The van der Waals surface area contributed by atoms with Crippen molar-refractivity contribution in [1.82, 2.24) is 4.98 Å². The first-order valence-corrected chi connectivity index (χ1v) is 7.17. The van der Waals surface area contributed by atoms with Crippen molar-refractivity contribution in [2.24, 2.45) is 0 Å². The molecule has 2 aromatic rings. The summed E-state index contributed by atoms with van der Waals surface area (Å²) in [6, 6.07) is 8.47. The monoisotopic (exact) mass is 328 g/mol. The Hall–Kier alpha value is -1.36. The summed E-state index contributed by atoms with van der Waals surface area (Å²) >= 11 is 11.6. The molecular formula is C15H15Cl2FN2O. The molecule has 1 aromatic heterocycles. The van der Waals surface area contributed by atoms with Crippen molar-refractivity contribution in [2.45, 2.75) is 12.5 Å². The van der Waals surface area contributed by atoms with Gasteiger partial charge in [0.2, 0.25) is 0 Å². The number of ether oxygens (including phenoxy) is 1. The first kappa shape index (κ1) is 16.0. The van der Waals surface area contributed by atoms with Crippen LogP contribution in [-0.2, 0) is 4.74 Å². The zero-order chi connectivity index (χ0) is 15.2. The van der Waals surface area contributed by atoms with Gasteiger partial charge in [0.15, 0.2) is 11.6 Å². The van der Waals surface area contributed by atoms with Crippen LogP contribution in [0.2, 0.25) is 10.0 Å². The Labute approximate surface area is 133 Å². The number of methoxy groups -OCH3 is 1. The maximum absolute atomic E-state index is 13.9. The molecule has 0 amide bonds. The maximum Gasteiger partial charge on any atom is 0.166 e. The molecule has 0 bridgehead atoms. The molecule has 0 saturated heterocycles. The molecule has 1 heterocycles. The topological polar surface area (TPSA) is 34.1 Å². The zero-order valence-electron chi connectivity index (χ0n) is 11.4. The number of rotatable bonds is 6. The van der Waals surface area contributed by atoms with Crippen LogP contribution >= 0.6 is 23.2 Å². The predicted octanol–water partition coefficient (Wildman–Crippen LogP) is 4.72. The van der Waals surface area contributed by atoms with E-state index in [0.29, 0.717) is 18.1 Å². The van der Waals surface area contributed by atoms with Gasteiger partial charge in [-0.1, -0.05) is 35.3 Å². The average Bonchev–Trinajstić information content (AvgIpc) is 2.46. The second-order valence-electron chi connectivity index (χ2n) is 4.51. The Kier molecular flexibility index (Phi) is 5.79. The zero-order valence-corrected chi connectivity index (χ0v) is 13.0. The summed E-state index contributed by atoms with van der Waals surface area (Å²) < 4.78 is 19.0. The first-order valence-electron chi connectivity index (χ1n) is 6.42. The molecule has 0 aliphatic heterocycles. The van der Waals surface area contributed by atoms with Gasteiger partial charge in [0.05, 0.1) is 11.1 Å². The summed E-state index contributed by atoms with van der Waals surface area (Å²) in [5.74, 6) is -0.325. The van der Waals surface area contributed by atoms with Crippen LogP contribution in [-0.4, -0.2) is 18.7 Å². The third kappa shape index (κ3) is 4.56. The second kappa shape index (κ2) is 7.59. The van der Waals surface area contributed by atoms with Gasteiger partial charge in [-0.2, -0.15) is 0 Å². The summed E-state index contributed by atoms with van der Waals surface area (Å²) in [6.07, 6.45) is 2.07. The fourth-order valence-corrected chi connectivity index (χ4v) is 2.21. The van der Waals surface area contributed by atoms with E-state index >= 15 is 0 Å². The summed E-state index contributed by atoms with van der Waals surface area (Å²) in [5, 5.41) is 3.99. The molecule has 2 rings (SSSR count). The van der Waals surface area contributed by atoms with Crippen molar-refractivity contribution in [3.63, 3.8) is 0 Å². The molecule has 0 spiro atoms. The van der Waals surface area contributed by atoms with E-state index in [-0.39, 0.29) is 16.9 Å². The standard InChI is InChI=1S/C15H15Cl2FN2O/c1-21-7-6-14(10-2-4-11(16)5-3-10)20-15-13(18)8-12(17)9-19-15/h2-5,8-9,14H,6-7H2,1H3,(H,19,20). The Bertz CT molecular complexity index is 593. The van der Waals surface area contributed by atoms with Gasteiger partial charge < -0.3 is 10.1 Å². The lowest BCUT2D eigenvalue weighted by Gasteiger charge is -2.20. The molecular weight excluding hydrogens is 314 g/mol. The lowest BCUT2D eigenvalue weighted by atomic mass is 10.0. The van der Waals surface area contributed by atoms with Crippen molar-refractivity contribution in [3.8, 4) is 0 Å². The van der Waals surface area contributed by atoms with Crippen LogP contribution in [0.1, 0.15) is 18.0 Å². The number of nitrogens with zero attached hydrogens (tertiary/aromatic N) is 1. The maximum atomic E-state index is 13.9. The van der Waals surface area contributed by atoms with Crippen LogP contribution in [0.4, 0.5) is 10.2 Å². The van der Waals surface area contributed by atoms with Crippen LogP contribution in [0.15, 0.2) is 36.5 Å². The van der Waals surface area contributed by atoms with Gasteiger partial charge in [-0.15, -0.1) is 0 Å². The van der Waals surface area contributed by atoms with Gasteiger partial charge in [0.1, 0.15) is 0 Å². The molecule has 6 heteroatoms. The van der Waals surface area contributed by atoms with Gasteiger partial charge in [0.25, 0.3) is 0 Å². The minimum Gasteiger partial charge on any atom is -0.385 e. The second-order valence-corrected chi connectivity index (χ2v) is 5.39. The fourth-order valence-electron chi connectivity index (χ4n) is 1.94. The van der Waals surface area contributed by atoms with E-state index in [4.69, 9.17) is 27.9 Å². The lowest BCUT2D eigenvalue weighted by molar-refractivity contribution is 0.190. The quantitative estimate of drug-likeness (QED) is 0.833. The lowest BCUT2D eigenvalue weighted by Crippen LogP contribution is -2.15. The van der Waals surface area contributed by atoms with E-state index in [2.05, 4.69) is 10.3 Å². The van der Waals surface area contributed by atoms with Crippen molar-refractivity contribution in [2.75, 3.05) is 19.0 Å². The van der Waals surface area contributed by atoms with E-state index in [1.54, 1.807) is 19.2 Å². The highest BCUT2D eigenvalue weighted by Crippen LogP contribution is 2.25. The van der Waals surface area contributed by atoms with E-state index < -0.39 is 5.82 Å². The molecule has 21 heavy (non-hydrogen) atoms. The van der Waals surface area contributed by atoms with Crippen molar-refractivity contribution in [3.05, 3.63) is 58.0 Å². The highest BCUT2D eigenvalue weighted by Gasteiger charge is 2.14. The average molecular weight is 329 g/mol. The Morgan fingerprint density at radius 1 is 1.24 bits per heavy atom. The number of benzene rings is 1. The summed E-state index contributed by atoms with van der Waals surface area (Å²) in [5.41, 5.74) is 0.979. The predicted molar refractivity (Wildman–Crippen MR) is 83.5 cm³/mol. The molecule has 3 nitrogen and oxygen atoms in total. The number of aromatic nitrogens is 1. The molecule has 1 unspecified atom stereocenters. The van der Waals surface area contributed by atoms with Crippen LogP contribution in [0.25, 0.3) is 0 Å². The molecule has 0 aliphatic rings. The molecule has 1 N–H and O–H groups in total. The third-order valence-corrected chi connectivity index (χ3v) is 3.46. The normalized spacial score (nSPS) is 12.2. The van der Waals surface area contributed by atoms with Crippen LogP contribution in [0.3, 0.4) is 0 Å². The van der Waals surface area contributed by atoms with E-state index in [1.165, 1.54) is 12.3 Å². The molecule has 0 fully saturated rings. The van der Waals surface area contributed by atoms with Gasteiger partial charge in [-0.05, 0) is 30.2 Å². The van der Waals surface area contributed by atoms with Gasteiger partial charge >= 0.3 is 0 Å². The largest absolute Gasteiger partial charge is 0.385 e. The van der Waals surface area contributed by atoms with Crippen molar-refractivity contribution >= 4 is 29.0 Å². The van der Waals surface area contributed by atoms with E-state index in [0.717, 1.165) is 5.56 Å². The summed E-state index contributed by atoms with van der Waals surface area (Å²) in [7, 11) is 1.63. The summed E-state index contributed by atoms with van der Waals surface area (Å²) in [4.78, 5) is 3.98. The minimum absolute atomic E-state index is 0.134. The molecule has 112 valence electrons. The van der Waals surface area contributed by atoms with E-state index in [9.17, 15) is 4.39 Å². The van der Waals surface area contributed by atoms with Crippen molar-refractivity contribution in [1.29, 1.82) is 0 Å². The highest BCUT2D eigenvalue weighted by atomic mass is 35.5. The Morgan fingerprint density at radius 3 is 2.57 bits per heavy atom. The van der Waals surface area contributed by atoms with Crippen LogP contribution in [0, 0.1) is 5.82 Å². The Morgan fingerprint density at radius 2 is 1.95 bits per heavy atom. The van der Waals surface area contributed by atoms with Gasteiger partial charge in [-0.3, -0.25) is 0 Å². The molecule has 0 radical (unpaired) electrons. The third-order valence-electron chi connectivity index (χ3n) is 3.00. The minimum atomic E-state index is -0.487. The number of anilines is 1. The first-order chi connectivity index (χ1) is 10.1. The fraction of sp³-hybridized carbons (Fsp3) is 0.267. The number of hydrogen-bond acceptors (Lipinski definition) is 3. The summed E-state index contributed by atoms with van der Waals surface area (Å²) in [6.45, 7) is 0.537.